The lowest BCUT2D eigenvalue weighted by Crippen LogP contribution is -2.89. The van der Waals surface area contributed by atoms with Crippen molar-refractivity contribution in [3.63, 3.8) is 0 Å². The molecule has 0 aliphatic rings. The maximum Gasteiger partial charge on any atom is 0.170 e. The second-order valence-corrected chi connectivity index (χ2v) is 5.65. The molecule has 0 bridgehead atoms. The molecule has 0 radical (unpaired) electrons. The Morgan fingerprint density at radius 3 is 2.54 bits per heavy atom. The van der Waals surface area contributed by atoms with Crippen molar-refractivity contribution in [2.24, 2.45) is 0 Å². The number of quaternary nitrogens is 1. The zero-order valence-corrected chi connectivity index (χ0v) is 14.2. The number of aliphatic hydroxyl groups is 1. The second kappa shape index (κ2) is 9.25. The average Bonchev–Trinajstić information content (AvgIpc) is 2.62. The third kappa shape index (κ3) is 4.94. The SMILES string of the molecule is CC[C@H](CO)[NH2+]Cc1cccc(OC)c1OCc1ccc(F)cc1. The summed E-state index contributed by atoms with van der Waals surface area (Å²) in [6.07, 6.45) is 0.895. The molecular formula is C19H25FNO3+. The van der Waals surface area contributed by atoms with Gasteiger partial charge in [-0.3, -0.25) is 0 Å². The predicted molar refractivity (Wildman–Crippen MR) is 90.5 cm³/mol. The van der Waals surface area contributed by atoms with Crippen LogP contribution in [0.4, 0.5) is 4.39 Å². The molecule has 0 saturated carbocycles. The molecule has 4 nitrogen and oxygen atoms in total. The summed E-state index contributed by atoms with van der Waals surface area (Å²) in [5.41, 5.74) is 1.89. The number of halogens is 1. The Hall–Kier alpha value is -2.11. The lowest BCUT2D eigenvalue weighted by molar-refractivity contribution is -0.706. The summed E-state index contributed by atoms with van der Waals surface area (Å²) >= 11 is 0. The number of rotatable bonds is 9. The van der Waals surface area contributed by atoms with E-state index >= 15 is 0 Å². The molecular weight excluding hydrogens is 309 g/mol. The Morgan fingerprint density at radius 1 is 1.17 bits per heavy atom. The lowest BCUT2D eigenvalue weighted by atomic mass is 10.1. The molecule has 0 fully saturated rings. The van der Waals surface area contributed by atoms with E-state index in [9.17, 15) is 9.50 Å². The number of para-hydroxylation sites is 1. The molecule has 0 saturated heterocycles. The zero-order valence-electron chi connectivity index (χ0n) is 14.2. The fourth-order valence-electron chi connectivity index (χ4n) is 2.45. The number of aliphatic hydroxyl groups excluding tert-OH is 1. The number of hydrogen-bond acceptors (Lipinski definition) is 3. The Bertz CT molecular complexity index is 627. The van der Waals surface area contributed by atoms with Gasteiger partial charge in [-0.25, -0.2) is 4.39 Å². The smallest absolute Gasteiger partial charge is 0.170 e. The van der Waals surface area contributed by atoms with Crippen molar-refractivity contribution in [2.75, 3.05) is 13.7 Å². The summed E-state index contributed by atoms with van der Waals surface area (Å²) in [5, 5.41) is 11.4. The fourth-order valence-corrected chi connectivity index (χ4v) is 2.45. The van der Waals surface area contributed by atoms with E-state index in [1.165, 1.54) is 12.1 Å². The van der Waals surface area contributed by atoms with E-state index in [-0.39, 0.29) is 18.5 Å². The minimum Gasteiger partial charge on any atom is -0.493 e. The van der Waals surface area contributed by atoms with E-state index in [1.54, 1.807) is 19.2 Å². The Balaban J connectivity index is 2.12. The van der Waals surface area contributed by atoms with Gasteiger partial charge in [-0.05, 0) is 36.2 Å². The molecule has 0 amide bonds. The van der Waals surface area contributed by atoms with Gasteiger partial charge in [0.1, 0.15) is 25.0 Å². The molecule has 0 aromatic heterocycles. The van der Waals surface area contributed by atoms with Crippen LogP contribution in [0.2, 0.25) is 0 Å². The van der Waals surface area contributed by atoms with Gasteiger partial charge in [0.15, 0.2) is 11.5 Å². The molecule has 1 atom stereocenters. The van der Waals surface area contributed by atoms with Gasteiger partial charge in [0.05, 0.1) is 19.3 Å². The van der Waals surface area contributed by atoms with Crippen LogP contribution >= 0.6 is 0 Å². The van der Waals surface area contributed by atoms with Crippen molar-refractivity contribution in [2.45, 2.75) is 32.5 Å². The van der Waals surface area contributed by atoms with Gasteiger partial charge >= 0.3 is 0 Å². The van der Waals surface area contributed by atoms with E-state index in [4.69, 9.17) is 9.47 Å². The van der Waals surface area contributed by atoms with Gasteiger partial charge in [0.25, 0.3) is 0 Å². The Kier molecular flexibility index (Phi) is 7.03. The highest BCUT2D eigenvalue weighted by molar-refractivity contribution is 5.46. The molecule has 2 aromatic carbocycles. The Morgan fingerprint density at radius 2 is 1.92 bits per heavy atom. The molecule has 2 rings (SSSR count). The molecule has 0 unspecified atom stereocenters. The molecule has 5 heteroatoms. The summed E-state index contributed by atoms with van der Waals surface area (Å²) < 4.78 is 24.3. The highest BCUT2D eigenvalue weighted by Crippen LogP contribution is 2.31. The van der Waals surface area contributed by atoms with Crippen molar-refractivity contribution < 1.29 is 24.3 Å². The Labute approximate surface area is 142 Å². The summed E-state index contributed by atoms with van der Waals surface area (Å²) in [6.45, 7) is 3.22. The van der Waals surface area contributed by atoms with Crippen LogP contribution in [0, 0.1) is 5.82 Å². The monoisotopic (exact) mass is 334 g/mol. The van der Waals surface area contributed by atoms with Gasteiger partial charge in [-0.15, -0.1) is 0 Å². The van der Waals surface area contributed by atoms with Gasteiger partial charge in [-0.2, -0.15) is 0 Å². The van der Waals surface area contributed by atoms with Crippen LogP contribution < -0.4 is 14.8 Å². The van der Waals surface area contributed by atoms with E-state index in [0.29, 0.717) is 24.7 Å². The zero-order chi connectivity index (χ0) is 17.4. The summed E-state index contributed by atoms with van der Waals surface area (Å²) in [6, 6.07) is 12.2. The van der Waals surface area contributed by atoms with Gasteiger partial charge in [0.2, 0.25) is 0 Å². The normalized spacial score (nSPS) is 12.0. The molecule has 0 spiro atoms. The number of nitrogens with two attached hydrogens (primary N) is 1. The highest BCUT2D eigenvalue weighted by Gasteiger charge is 2.15. The number of ether oxygens (including phenoxy) is 2. The lowest BCUT2D eigenvalue weighted by Gasteiger charge is -2.16. The van der Waals surface area contributed by atoms with Crippen LogP contribution in [0.1, 0.15) is 24.5 Å². The van der Waals surface area contributed by atoms with Gasteiger partial charge in [-0.1, -0.05) is 25.1 Å². The van der Waals surface area contributed by atoms with Crippen LogP contribution in [-0.4, -0.2) is 24.9 Å². The summed E-state index contributed by atoms with van der Waals surface area (Å²) in [5.74, 6) is 1.09. The molecule has 3 N–H and O–H groups in total. The largest absolute Gasteiger partial charge is 0.493 e. The van der Waals surface area contributed by atoms with Crippen molar-refractivity contribution in [3.05, 3.63) is 59.4 Å². The maximum atomic E-state index is 13.0. The van der Waals surface area contributed by atoms with Crippen LogP contribution in [0.25, 0.3) is 0 Å². The summed E-state index contributed by atoms with van der Waals surface area (Å²) in [4.78, 5) is 0. The molecule has 130 valence electrons. The van der Waals surface area contributed by atoms with Gasteiger partial charge in [0, 0.05) is 0 Å². The van der Waals surface area contributed by atoms with Crippen LogP contribution in [0.5, 0.6) is 11.5 Å². The predicted octanol–water partition coefficient (Wildman–Crippen LogP) is 2.25. The number of methoxy groups -OCH3 is 1. The molecule has 0 aliphatic carbocycles. The van der Waals surface area contributed by atoms with Crippen LogP contribution in [0.3, 0.4) is 0 Å². The molecule has 24 heavy (non-hydrogen) atoms. The van der Waals surface area contributed by atoms with Crippen LogP contribution in [0.15, 0.2) is 42.5 Å². The van der Waals surface area contributed by atoms with Crippen molar-refractivity contribution in [3.8, 4) is 11.5 Å². The highest BCUT2D eigenvalue weighted by atomic mass is 19.1. The van der Waals surface area contributed by atoms with E-state index in [2.05, 4.69) is 12.2 Å². The standard InChI is InChI=1S/C19H24FNO3/c1-3-17(12-22)21-11-15-5-4-6-18(23-2)19(15)24-13-14-7-9-16(20)10-8-14/h4-10,17,21-22H,3,11-13H2,1-2H3/p+1/t17-/m1/s1. The van der Waals surface area contributed by atoms with E-state index < -0.39 is 0 Å². The van der Waals surface area contributed by atoms with Crippen LogP contribution in [-0.2, 0) is 13.2 Å². The number of hydrogen-bond donors (Lipinski definition) is 2. The van der Waals surface area contributed by atoms with Crippen molar-refractivity contribution in [1.29, 1.82) is 0 Å². The first kappa shape index (κ1) is 18.2. The first-order chi connectivity index (χ1) is 11.7. The first-order valence-electron chi connectivity index (χ1n) is 8.15. The third-order valence-corrected chi connectivity index (χ3v) is 4.01. The van der Waals surface area contributed by atoms with Crippen molar-refractivity contribution in [1.82, 2.24) is 0 Å². The maximum absolute atomic E-state index is 13.0. The third-order valence-electron chi connectivity index (χ3n) is 4.01. The fraction of sp³-hybridized carbons (Fsp3) is 0.368. The molecule has 0 heterocycles. The van der Waals surface area contributed by atoms with E-state index in [0.717, 1.165) is 17.5 Å². The second-order valence-electron chi connectivity index (χ2n) is 5.65. The number of benzene rings is 2. The minimum atomic E-state index is -0.263. The average molecular weight is 334 g/mol. The topological polar surface area (TPSA) is 55.3 Å². The van der Waals surface area contributed by atoms with E-state index in [1.807, 2.05) is 18.2 Å². The molecule has 0 aliphatic heterocycles. The van der Waals surface area contributed by atoms with Gasteiger partial charge < -0.3 is 19.9 Å². The molecule has 2 aromatic rings. The minimum absolute atomic E-state index is 0.145. The first-order valence-corrected chi connectivity index (χ1v) is 8.15. The summed E-state index contributed by atoms with van der Waals surface area (Å²) in [7, 11) is 1.61. The van der Waals surface area contributed by atoms with Crippen molar-refractivity contribution >= 4 is 0 Å². The quantitative estimate of drug-likeness (QED) is 0.739.